The van der Waals surface area contributed by atoms with Gasteiger partial charge in [-0.15, -0.1) is 0 Å². The van der Waals surface area contributed by atoms with Crippen LogP contribution in [0.5, 0.6) is 0 Å². The average molecular weight is 279 g/mol. The molecule has 0 amide bonds. The molecule has 0 aromatic carbocycles. The van der Waals surface area contributed by atoms with Gasteiger partial charge in [-0.2, -0.15) is 0 Å². The summed E-state index contributed by atoms with van der Waals surface area (Å²) in [5, 5.41) is 0. The Labute approximate surface area is 122 Å². The highest BCUT2D eigenvalue weighted by atomic mass is 16.5. The van der Waals surface area contributed by atoms with Gasteiger partial charge >= 0.3 is 0 Å². The fraction of sp³-hybridized carbons (Fsp3) is 0.765. The summed E-state index contributed by atoms with van der Waals surface area (Å²) in [5.41, 5.74) is 6.60. The van der Waals surface area contributed by atoms with Gasteiger partial charge in [0.25, 0.3) is 0 Å². The first kappa shape index (κ1) is 15.6. The highest BCUT2D eigenvalue weighted by molar-refractivity contribution is 5.05. The molecule has 1 aliphatic carbocycles. The van der Waals surface area contributed by atoms with Crippen molar-refractivity contribution in [2.75, 3.05) is 0 Å². The molecule has 0 spiro atoms. The predicted octanol–water partition coefficient (Wildman–Crippen LogP) is 4.29. The molecule has 1 aromatic heterocycles. The summed E-state index contributed by atoms with van der Waals surface area (Å²) >= 11 is 0. The topological polar surface area (TPSA) is 48.4 Å². The monoisotopic (exact) mass is 279 g/mol. The van der Waals surface area contributed by atoms with E-state index in [9.17, 15) is 0 Å². The van der Waals surface area contributed by atoms with Crippen molar-refractivity contribution in [3.8, 4) is 0 Å². The first-order valence-corrected chi connectivity index (χ1v) is 7.85. The van der Waals surface area contributed by atoms with E-state index in [-0.39, 0.29) is 18.2 Å². The molecule has 1 saturated carbocycles. The van der Waals surface area contributed by atoms with E-state index < -0.39 is 0 Å². The fourth-order valence-electron chi connectivity index (χ4n) is 3.62. The third-order valence-electron chi connectivity index (χ3n) is 4.37. The minimum Gasteiger partial charge on any atom is -0.467 e. The van der Waals surface area contributed by atoms with Crippen LogP contribution in [0.15, 0.2) is 22.8 Å². The first-order valence-electron chi connectivity index (χ1n) is 7.85. The van der Waals surface area contributed by atoms with Crippen LogP contribution in [0.3, 0.4) is 0 Å². The lowest BCUT2D eigenvalue weighted by molar-refractivity contribution is -0.0830. The Morgan fingerprint density at radius 2 is 2.20 bits per heavy atom. The first-order chi connectivity index (χ1) is 9.41. The van der Waals surface area contributed by atoms with Crippen molar-refractivity contribution in [2.45, 2.75) is 71.6 Å². The Balaban J connectivity index is 2.08. The number of hydrogen-bond donors (Lipinski definition) is 1. The van der Waals surface area contributed by atoms with Gasteiger partial charge in [-0.05, 0) is 49.1 Å². The second-order valence-electron chi connectivity index (χ2n) is 7.18. The zero-order valence-electron chi connectivity index (χ0n) is 13.3. The van der Waals surface area contributed by atoms with E-state index in [0.717, 1.165) is 25.0 Å². The molecule has 1 aliphatic rings. The van der Waals surface area contributed by atoms with Crippen molar-refractivity contribution < 1.29 is 9.15 Å². The highest BCUT2D eigenvalue weighted by Gasteiger charge is 2.35. The van der Waals surface area contributed by atoms with Gasteiger partial charge in [0, 0.05) is 6.04 Å². The molecule has 114 valence electrons. The highest BCUT2D eigenvalue weighted by Crippen LogP contribution is 2.41. The van der Waals surface area contributed by atoms with Crippen LogP contribution >= 0.6 is 0 Å². The van der Waals surface area contributed by atoms with E-state index in [4.69, 9.17) is 14.9 Å². The Morgan fingerprint density at radius 1 is 1.45 bits per heavy atom. The summed E-state index contributed by atoms with van der Waals surface area (Å²) in [4.78, 5) is 0. The van der Waals surface area contributed by atoms with Gasteiger partial charge in [-0.3, -0.25) is 0 Å². The Bertz CT molecular complexity index is 399. The largest absolute Gasteiger partial charge is 0.467 e. The van der Waals surface area contributed by atoms with Crippen LogP contribution in [0.25, 0.3) is 0 Å². The molecule has 3 heteroatoms. The van der Waals surface area contributed by atoms with Crippen LogP contribution in [-0.4, -0.2) is 12.1 Å². The van der Waals surface area contributed by atoms with Gasteiger partial charge in [0.1, 0.15) is 11.9 Å². The van der Waals surface area contributed by atoms with Gasteiger partial charge in [0.2, 0.25) is 0 Å². The number of furan rings is 1. The minimum absolute atomic E-state index is 0.0125. The summed E-state index contributed by atoms with van der Waals surface area (Å²) in [6.07, 6.45) is 6.24. The predicted molar refractivity (Wildman–Crippen MR) is 81.4 cm³/mol. The summed E-state index contributed by atoms with van der Waals surface area (Å²) in [6.45, 7) is 9.08. The van der Waals surface area contributed by atoms with Crippen molar-refractivity contribution in [1.29, 1.82) is 0 Å². The van der Waals surface area contributed by atoms with Gasteiger partial charge < -0.3 is 14.9 Å². The van der Waals surface area contributed by atoms with E-state index in [1.54, 1.807) is 6.26 Å². The van der Waals surface area contributed by atoms with E-state index in [1.807, 2.05) is 12.1 Å². The lowest BCUT2D eigenvalue weighted by Crippen LogP contribution is -2.37. The van der Waals surface area contributed by atoms with Crippen molar-refractivity contribution >= 4 is 0 Å². The maximum Gasteiger partial charge on any atom is 0.134 e. The molecular formula is C17H29NO2. The molecule has 4 unspecified atom stereocenters. The third-order valence-corrected chi connectivity index (χ3v) is 4.37. The maximum atomic E-state index is 6.38. The third kappa shape index (κ3) is 3.86. The summed E-state index contributed by atoms with van der Waals surface area (Å²) < 4.78 is 11.9. The van der Waals surface area contributed by atoms with Crippen LogP contribution in [0.1, 0.15) is 65.2 Å². The average Bonchev–Trinajstić information content (AvgIpc) is 2.86. The second kappa shape index (κ2) is 6.31. The number of rotatable bonds is 5. The van der Waals surface area contributed by atoms with Crippen LogP contribution in [0, 0.1) is 11.3 Å². The van der Waals surface area contributed by atoms with Crippen LogP contribution in [0.4, 0.5) is 0 Å². The van der Waals surface area contributed by atoms with Crippen LogP contribution in [-0.2, 0) is 4.74 Å². The number of hydrogen-bond acceptors (Lipinski definition) is 3. The van der Waals surface area contributed by atoms with E-state index in [1.165, 1.54) is 6.42 Å². The zero-order chi connectivity index (χ0) is 14.8. The van der Waals surface area contributed by atoms with E-state index in [0.29, 0.717) is 11.3 Å². The molecule has 0 aliphatic heterocycles. The minimum atomic E-state index is -0.124. The lowest BCUT2D eigenvalue weighted by Gasteiger charge is -2.40. The maximum absolute atomic E-state index is 6.38. The Kier molecular flexibility index (Phi) is 4.92. The molecule has 1 heterocycles. The van der Waals surface area contributed by atoms with Crippen molar-refractivity contribution in [1.82, 2.24) is 0 Å². The van der Waals surface area contributed by atoms with Gasteiger partial charge in [-0.1, -0.05) is 27.7 Å². The molecule has 1 aromatic rings. The molecule has 20 heavy (non-hydrogen) atoms. The zero-order valence-corrected chi connectivity index (χ0v) is 13.3. The summed E-state index contributed by atoms with van der Waals surface area (Å²) in [7, 11) is 0. The molecule has 1 fully saturated rings. The lowest BCUT2D eigenvalue weighted by atomic mass is 9.71. The fourth-order valence-corrected chi connectivity index (χ4v) is 3.62. The molecule has 2 N–H and O–H groups in total. The normalized spacial score (nSPS) is 29.1. The smallest absolute Gasteiger partial charge is 0.134 e. The van der Waals surface area contributed by atoms with Crippen molar-refractivity contribution in [3.63, 3.8) is 0 Å². The van der Waals surface area contributed by atoms with E-state index in [2.05, 4.69) is 27.7 Å². The number of nitrogens with two attached hydrogens (primary N) is 1. The molecule has 0 saturated heterocycles. The SMILES string of the molecule is CCC(N)C(OC1CC(C)CC(C)(C)C1)c1ccco1. The summed E-state index contributed by atoms with van der Waals surface area (Å²) in [6, 6.07) is 3.86. The van der Waals surface area contributed by atoms with Gasteiger partial charge in [0.05, 0.1) is 12.4 Å². The van der Waals surface area contributed by atoms with E-state index >= 15 is 0 Å². The van der Waals surface area contributed by atoms with Crippen molar-refractivity contribution in [2.24, 2.45) is 17.1 Å². The molecule has 3 nitrogen and oxygen atoms in total. The molecule has 2 rings (SSSR count). The standard InChI is InChI=1S/C17H29NO2/c1-5-14(18)16(15-7-6-8-19-15)20-13-9-12(2)10-17(3,4)11-13/h6-8,12-14,16H,5,9-11,18H2,1-4H3. The summed E-state index contributed by atoms with van der Waals surface area (Å²) in [5.74, 6) is 1.56. The number of ether oxygens (including phenoxy) is 1. The molecule has 4 atom stereocenters. The molecule has 0 radical (unpaired) electrons. The molecular weight excluding hydrogens is 250 g/mol. The van der Waals surface area contributed by atoms with Crippen molar-refractivity contribution in [3.05, 3.63) is 24.2 Å². The molecule has 0 bridgehead atoms. The Hall–Kier alpha value is -0.800. The van der Waals surface area contributed by atoms with Gasteiger partial charge in [-0.25, -0.2) is 0 Å². The van der Waals surface area contributed by atoms with Crippen LogP contribution in [0.2, 0.25) is 0 Å². The van der Waals surface area contributed by atoms with Gasteiger partial charge in [0.15, 0.2) is 0 Å². The second-order valence-corrected chi connectivity index (χ2v) is 7.18. The Morgan fingerprint density at radius 3 is 2.75 bits per heavy atom. The van der Waals surface area contributed by atoms with Crippen LogP contribution < -0.4 is 5.73 Å². The quantitative estimate of drug-likeness (QED) is 0.874.